The minimum Gasteiger partial charge on any atom is -0.497 e. The number of nitrogens with zero attached hydrogens (tertiary/aromatic N) is 2. The van der Waals surface area contributed by atoms with E-state index in [1.54, 1.807) is 7.11 Å². The lowest BCUT2D eigenvalue weighted by molar-refractivity contribution is -0.121. The van der Waals surface area contributed by atoms with Crippen molar-refractivity contribution in [1.82, 2.24) is 25.9 Å². The van der Waals surface area contributed by atoms with E-state index >= 15 is 0 Å². The van der Waals surface area contributed by atoms with Crippen LogP contribution in [0.25, 0.3) is 16.9 Å². The van der Waals surface area contributed by atoms with E-state index in [9.17, 15) is 4.79 Å². The molecule has 7 heteroatoms. The minimum absolute atomic E-state index is 0.0384. The van der Waals surface area contributed by atoms with E-state index in [1.807, 2.05) is 65.5 Å². The summed E-state index contributed by atoms with van der Waals surface area (Å²) in [4.78, 5) is 12.6. The number of amides is 1. The van der Waals surface area contributed by atoms with Crippen molar-refractivity contribution in [1.29, 1.82) is 0 Å². The summed E-state index contributed by atoms with van der Waals surface area (Å²) in [5, 5.41) is 7.76. The average Bonchev–Trinajstić information content (AvgIpc) is 3.39. The number of hydrogen-bond donors (Lipinski definition) is 3. The van der Waals surface area contributed by atoms with Gasteiger partial charge < -0.3 is 10.1 Å². The fourth-order valence-electron chi connectivity index (χ4n) is 3.25. The Morgan fingerprint density at radius 1 is 1.21 bits per heavy atom. The molecule has 1 unspecified atom stereocenters. The molecule has 1 aliphatic heterocycles. The molecule has 3 aromatic rings. The van der Waals surface area contributed by atoms with E-state index in [1.165, 1.54) is 0 Å². The zero-order valence-electron chi connectivity index (χ0n) is 15.7. The number of hydrogen-bond acceptors (Lipinski definition) is 5. The van der Waals surface area contributed by atoms with Gasteiger partial charge in [-0.2, -0.15) is 5.10 Å². The first kappa shape index (κ1) is 18.2. The summed E-state index contributed by atoms with van der Waals surface area (Å²) in [6.07, 6.45) is 3.00. The zero-order valence-corrected chi connectivity index (χ0v) is 15.7. The SMILES string of the molecule is COc1ccc(-c2nn(-c3ccccc3)cc2CC(=O)NC2CCNN2)cc1. The van der Waals surface area contributed by atoms with Crippen molar-refractivity contribution < 1.29 is 9.53 Å². The zero-order chi connectivity index (χ0) is 19.3. The van der Waals surface area contributed by atoms with Gasteiger partial charge in [-0.15, -0.1) is 0 Å². The van der Waals surface area contributed by atoms with Crippen molar-refractivity contribution in [3.8, 4) is 22.7 Å². The normalized spacial score (nSPS) is 16.1. The lowest BCUT2D eigenvalue weighted by Gasteiger charge is -2.12. The molecular formula is C21H23N5O2. The first-order valence-electron chi connectivity index (χ1n) is 9.29. The van der Waals surface area contributed by atoms with Crippen LogP contribution >= 0.6 is 0 Å². The second-order valence-electron chi connectivity index (χ2n) is 6.67. The molecule has 1 atom stereocenters. The summed E-state index contributed by atoms with van der Waals surface area (Å²) < 4.78 is 7.06. The van der Waals surface area contributed by atoms with Crippen LogP contribution in [0.4, 0.5) is 0 Å². The van der Waals surface area contributed by atoms with Crippen molar-refractivity contribution >= 4 is 5.91 Å². The smallest absolute Gasteiger partial charge is 0.225 e. The quantitative estimate of drug-likeness (QED) is 0.613. The fraction of sp³-hybridized carbons (Fsp3) is 0.238. The van der Waals surface area contributed by atoms with Crippen LogP contribution in [0.15, 0.2) is 60.8 Å². The summed E-state index contributed by atoms with van der Waals surface area (Å²) in [6.45, 7) is 0.841. The second-order valence-corrected chi connectivity index (χ2v) is 6.67. The molecule has 1 aromatic heterocycles. The van der Waals surface area contributed by atoms with Gasteiger partial charge in [-0.1, -0.05) is 18.2 Å². The maximum Gasteiger partial charge on any atom is 0.225 e. The van der Waals surface area contributed by atoms with Gasteiger partial charge in [0.05, 0.1) is 31.1 Å². The van der Waals surface area contributed by atoms with Gasteiger partial charge in [0.2, 0.25) is 5.91 Å². The van der Waals surface area contributed by atoms with Crippen LogP contribution in [0.1, 0.15) is 12.0 Å². The van der Waals surface area contributed by atoms with Gasteiger partial charge in [0, 0.05) is 23.9 Å². The number of nitrogens with one attached hydrogen (secondary N) is 3. The van der Waals surface area contributed by atoms with Gasteiger partial charge in [-0.25, -0.2) is 10.1 Å². The van der Waals surface area contributed by atoms with Crippen LogP contribution in [-0.2, 0) is 11.2 Å². The highest BCUT2D eigenvalue weighted by Crippen LogP contribution is 2.26. The summed E-state index contributed by atoms with van der Waals surface area (Å²) >= 11 is 0. The number of benzene rings is 2. The van der Waals surface area contributed by atoms with Gasteiger partial charge in [-0.3, -0.25) is 10.2 Å². The molecule has 1 aliphatic rings. The van der Waals surface area contributed by atoms with E-state index in [0.717, 1.165) is 41.2 Å². The molecule has 0 aliphatic carbocycles. The van der Waals surface area contributed by atoms with Crippen LogP contribution in [-0.4, -0.2) is 35.5 Å². The molecular weight excluding hydrogens is 354 g/mol. The molecule has 1 amide bonds. The number of aromatic nitrogens is 2. The third-order valence-corrected chi connectivity index (χ3v) is 4.69. The molecule has 28 heavy (non-hydrogen) atoms. The fourth-order valence-corrected chi connectivity index (χ4v) is 3.25. The number of carbonyl (C=O) groups excluding carboxylic acids is 1. The first-order chi connectivity index (χ1) is 13.7. The summed E-state index contributed by atoms with van der Waals surface area (Å²) in [5.74, 6) is 0.744. The highest BCUT2D eigenvalue weighted by molar-refractivity contribution is 5.81. The summed E-state index contributed by atoms with van der Waals surface area (Å²) in [6, 6.07) is 17.6. The average molecular weight is 377 g/mol. The molecule has 0 radical (unpaired) electrons. The number of ether oxygens (including phenoxy) is 1. The molecule has 0 spiro atoms. The Kier molecular flexibility index (Phi) is 5.36. The topological polar surface area (TPSA) is 80.2 Å². The molecule has 0 bridgehead atoms. The molecule has 2 heterocycles. The van der Waals surface area contributed by atoms with E-state index in [-0.39, 0.29) is 18.5 Å². The Balaban J connectivity index is 1.63. The molecule has 3 N–H and O–H groups in total. The molecule has 1 fully saturated rings. The van der Waals surface area contributed by atoms with Crippen LogP contribution < -0.4 is 20.9 Å². The molecule has 1 saturated heterocycles. The summed E-state index contributed by atoms with van der Waals surface area (Å²) in [7, 11) is 1.64. The van der Waals surface area contributed by atoms with Crippen molar-refractivity contribution in [3.63, 3.8) is 0 Å². The maximum absolute atomic E-state index is 12.6. The van der Waals surface area contributed by atoms with Crippen molar-refractivity contribution in [2.75, 3.05) is 13.7 Å². The lowest BCUT2D eigenvalue weighted by atomic mass is 10.1. The monoisotopic (exact) mass is 377 g/mol. The van der Waals surface area contributed by atoms with E-state index in [4.69, 9.17) is 9.84 Å². The third-order valence-electron chi connectivity index (χ3n) is 4.69. The van der Waals surface area contributed by atoms with Crippen molar-refractivity contribution in [3.05, 3.63) is 66.4 Å². The Labute approximate surface area is 163 Å². The van der Waals surface area contributed by atoms with Gasteiger partial charge >= 0.3 is 0 Å². The van der Waals surface area contributed by atoms with Crippen LogP contribution in [0.3, 0.4) is 0 Å². The Morgan fingerprint density at radius 3 is 2.68 bits per heavy atom. The molecule has 2 aromatic carbocycles. The number of hydrazine groups is 1. The van der Waals surface area contributed by atoms with Gasteiger partial charge in [-0.05, 0) is 42.8 Å². The van der Waals surface area contributed by atoms with Gasteiger partial charge in [0.15, 0.2) is 0 Å². The number of rotatable bonds is 6. The highest BCUT2D eigenvalue weighted by atomic mass is 16.5. The standard InChI is InChI=1S/C21H23N5O2/c1-28-18-9-7-15(8-10-18)21-16(13-20(27)23-19-11-12-22-24-19)14-26(25-21)17-5-3-2-4-6-17/h2-10,14,19,22,24H,11-13H2,1H3,(H,23,27). The first-order valence-corrected chi connectivity index (χ1v) is 9.29. The molecule has 4 rings (SSSR count). The van der Waals surface area contributed by atoms with Crippen LogP contribution in [0, 0.1) is 0 Å². The Morgan fingerprint density at radius 2 is 2.00 bits per heavy atom. The number of para-hydroxylation sites is 1. The largest absolute Gasteiger partial charge is 0.497 e. The molecule has 7 nitrogen and oxygen atoms in total. The van der Waals surface area contributed by atoms with Crippen LogP contribution in [0.2, 0.25) is 0 Å². The third kappa shape index (κ3) is 4.05. The predicted molar refractivity (Wildman–Crippen MR) is 107 cm³/mol. The van der Waals surface area contributed by atoms with E-state index in [0.29, 0.717) is 0 Å². The van der Waals surface area contributed by atoms with Crippen LogP contribution in [0.5, 0.6) is 5.75 Å². The lowest BCUT2D eigenvalue weighted by Crippen LogP contribution is -2.44. The Hall–Kier alpha value is -3.16. The van der Waals surface area contributed by atoms with Crippen molar-refractivity contribution in [2.24, 2.45) is 0 Å². The minimum atomic E-state index is -0.0406. The van der Waals surface area contributed by atoms with E-state index in [2.05, 4.69) is 16.2 Å². The molecule has 144 valence electrons. The number of carbonyl (C=O) groups is 1. The van der Waals surface area contributed by atoms with E-state index < -0.39 is 0 Å². The Bertz CT molecular complexity index is 931. The predicted octanol–water partition coefficient (Wildman–Crippen LogP) is 2.03. The van der Waals surface area contributed by atoms with Crippen molar-refractivity contribution in [2.45, 2.75) is 19.0 Å². The highest BCUT2D eigenvalue weighted by Gasteiger charge is 2.19. The summed E-state index contributed by atoms with van der Waals surface area (Å²) in [5.41, 5.74) is 9.63. The number of methoxy groups -OCH3 is 1. The van der Waals surface area contributed by atoms with Gasteiger partial charge in [0.1, 0.15) is 5.75 Å². The molecule has 0 saturated carbocycles. The second kappa shape index (κ2) is 8.24. The maximum atomic E-state index is 12.6. The van der Waals surface area contributed by atoms with Gasteiger partial charge in [0.25, 0.3) is 0 Å².